The third-order valence-corrected chi connectivity index (χ3v) is 8.17. The lowest BCUT2D eigenvalue weighted by molar-refractivity contribution is -0.137. The summed E-state index contributed by atoms with van der Waals surface area (Å²) in [5.41, 5.74) is 0.484. The molecule has 1 saturated heterocycles. The van der Waals surface area contributed by atoms with Gasteiger partial charge in [-0.05, 0) is 37.0 Å². The molecule has 1 N–H and O–H groups in total. The average Bonchev–Trinajstić information content (AvgIpc) is 3.37. The number of H-pyrrole nitrogens is 1. The van der Waals surface area contributed by atoms with Crippen molar-refractivity contribution in [3.05, 3.63) is 47.4 Å². The molecule has 29 heavy (non-hydrogen) atoms. The Morgan fingerprint density at radius 2 is 1.76 bits per heavy atom. The highest BCUT2D eigenvalue weighted by molar-refractivity contribution is 7.89. The van der Waals surface area contributed by atoms with Crippen molar-refractivity contribution < 1.29 is 13.2 Å². The number of carbonyl (C=O) groups is 1. The third-order valence-electron chi connectivity index (χ3n) is 6.10. The van der Waals surface area contributed by atoms with Crippen LogP contribution in [0.15, 0.2) is 41.8 Å². The van der Waals surface area contributed by atoms with Gasteiger partial charge in [-0.25, -0.2) is 13.4 Å². The van der Waals surface area contributed by atoms with Gasteiger partial charge in [0.25, 0.3) is 10.0 Å². The van der Waals surface area contributed by atoms with E-state index in [1.807, 2.05) is 29.2 Å². The molecule has 4 rings (SSSR count). The summed E-state index contributed by atoms with van der Waals surface area (Å²) in [6.45, 7) is 1.62. The van der Waals surface area contributed by atoms with Crippen LogP contribution in [-0.2, 0) is 20.2 Å². The Hall–Kier alpha value is -1.90. The molecule has 2 heterocycles. The molecule has 1 saturated carbocycles. The van der Waals surface area contributed by atoms with E-state index in [2.05, 4.69) is 9.97 Å². The van der Waals surface area contributed by atoms with E-state index in [9.17, 15) is 13.2 Å². The molecule has 0 radical (unpaired) electrons. The maximum absolute atomic E-state index is 13.7. The van der Waals surface area contributed by atoms with Crippen molar-refractivity contribution in [1.29, 1.82) is 0 Å². The second kappa shape index (κ2) is 8.08. The van der Waals surface area contributed by atoms with Crippen molar-refractivity contribution in [2.45, 2.75) is 42.5 Å². The fourth-order valence-electron chi connectivity index (χ4n) is 4.54. The summed E-state index contributed by atoms with van der Waals surface area (Å²) in [5, 5.41) is 0.745. The van der Waals surface area contributed by atoms with Crippen molar-refractivity contribution in [2.75, 3.05) is 26.2 Å². The number of rotatable bonds is 4. The summed E-state index contributed by atoms with van der Waals surface area (Å²) in [4.78, 5) is 22.0. The predicted molar refractivity (Wildman–Crippen MR) is 110 cm³/mol. The maximum Gasteiger partial charge on any atom is 0.260 e. The van der Waals surface area contributed by atoms with E-state index in [1.54, 1.807) is 0 Å². The minimum absolute atomic E-state index is 0.0886. The van der Waals surface area contributed by atoms with Gasteiger partial charge < -0.3 is 9.88 Å². The van der Waals surface area contributed by atoms with E-state index in [1.165, 1.54) is 16.8 Å². The van der Waals surface area contributed by atoms with Gasteiger partial charge in [-0.15, -0.1) is 0 Å². The van der Waals surface area contributed by atoms with E-state index in [0.29, 0.717) is 31.1 Å². The number of sulfonamides is 1. The predicted octanol–water partition coefficient (Wildman–Crippen LogP) is 2.80. The number of amides is 1. The lowest BCUT2D eigenvalue weighted by atomic mass is 9.77. The Balaban J connectivity index is 1.54. The Kier molecular flexibility index (Phi) is 5.68. The lowest BCUT2D eigenvalue weighted by Gasteiger charge is -2.34. The number of aromatic amines is 1. The highest BCUT2D eigenvalue weighted by Crippen LogP contribution is 2.43. The molecule has 0 spiro atoms. The van der Waals surface area contributed by atoms with Crippen LogP contribution in [0, 0.1) is 0 Å². The molecule has 1 amide bonds. The van der Waals surface area contributed by atoms with Crippen molar-refractivity contribution in [3.63, 3.8) is 0 Å². The van der Waals surface area contributed by atoms with Gasteiger partial charge in [0.2, 0.25) is 5.91 Å². The zero-order chi connectivity index (χ0) is 20.5. The quantitative estimate of drug-likeness (QED) is 0.798. The first-order valence-corrected chi connectivity index (χ1v) is 11.8. The Morgan fingerprint density at radius 3 is 2.41 bits per heavy atom. The minimum atomic E-state index is -3.62. The molecule has 7 nitrogen and oxygen atoms in total. The van der Waals surface area contributed by atoms with Gasteiger partial charge in [0.15, 0.2) is 5.03 Å². The second-order valence-electron chi connectivity index (χ2n) is 7.76. The zero-order valence-corrected chi connectivity index (χ0v) is 17.8. The van der Waals surface area contributed by atoms with Gasteiger partial charge in [-0.1, -0.05) is 36.6 Å². The normalized spacial score (nSPS) is 20.5. The monoisotopic (exact) mass is 436 g/mol. The first-order chi connectivity index (χ1) is 13.9. The molecule has 1 aromatic heterocycles. The number of carbonyl (C=O) groups excluding carboxylic acids is 1. The van der Waals surface area contributed by atoms with E-state index in [0.717, 1.165) is 31.2 Å². The fourth-order valence-corrected chi connectivity index (χ4v) is 6.03. The molecule has 2 aliphatic rings. The summed E-state index contributed by atoms with van der Waals surface area (Å²) in [6.07, 6.45) is 6.95. The summed E-state index contributed by atoms with van der Waals surface area (Å²) in [7, 11) is -3.62. The van der Waals surface area contributed by atoms with Crippen molar-refractivity contribution in [2.24, 2.45) is 0 Å². The SMILES string of the molecule is O=C(N1CCCN(S(=O)(=O)c2cnc[nH]2)CC1)C1(c2ccc(Cl)cc2)CCCC1. The van der Waals surface area contributed by atoms with E-state index < -0.39 is 15.4 Å². The van der Waals surface area contributed by atoms with Crippen LogP contribution in [0.25, 0.3) is 0 Å². The van der Waals surface area contributed by atoms with Gasteiger partial charge in [-0.3, -0.25) is 4.79 Å². The maximum atomic E-state index is 13.7. The number of benzene rings is 1. The molecule has 0 bridgehead atoms. The van der Waals surface area contributed by atoms with E-state index >= 15 is 0 Å². The van der Waals surface area contributed by atoms with E-state index in [-0.39, 0.29) is 17.5 Å². The molecule has 0 unspecified atom stereocenters. The Labute approximate surface area is 176 Å². The molecule has 1 aliphatic carbocycles. The van der Waals surface area contributed by atoms with Gasteiger partial charge in [0.1, 0.15) is 0 Å². The third kappa shape index (κ3) is 3.81. The molecule has 2 aromatic rings. The van der Waals surface area contributed by atoms with Crippen LogP contribution in [0.4, 0.5) is 0 Å². The van der Waals surface area contributed by atoms with Crippen LogP contribution in [-0.4, -0.2) is 59.7 Å². The number of hydrogen-bond acceptors (Lipinski definition) is 4. The van der Waals surface area contributed by atoms with Crippen molar-refractivity contribution in [1.82, 2.24) is 19.2 Å². The highest BCUT2D eigenvalue weighted by atomic mass is 35.5. The summed E-state index contributed by atoms with van der Waals surface area (Å²) < 4.78 is 27.0. The second-order valence-corrected chi connectivity index (χ2v) is 10.1. The number of hydrogen-bond donors (Lipinski definition) is 1. The number of aromatic nitrogens is 2. The summed E-state index contributed by atoms with van der Waals surface area (Å²) in [5.74, 6) is 0.109. The first-order valence-electron chi connectivity index (χ1n) is 9.97. The largest absolute Gasteiger partial charge is 0.341 e. The first kappa shape index (κ1) is 20.4. The molecule has 1 aromatic carbocycles. The number of nitrogens with one attached hydrogen (secondary N) is 1. The number of imidazole rings is 1. The van der Waals surface area contributed by atoms with Crippen LogP contribution in [0.2, 0.25) is 5.02 Å². The van der Waals surface area contributed by atoms with Gasteiger partial charge in [0.05, 0.1) is 17.9 Å². The molecular formula is C20H25ClN4O3S. The molecule has 156 valence electrons. The van der Waals surface area contributed by atoms with Gasteiger partial charge in [0, 0.05) is 31.2 Å². The molecule has 2 fully saturated rings. The van der Waals surface area contributed by atoms with Gasteiger partial charge in [-0.2, -0.15) is 4.31 Å². The smallest absolute Gasteiger partial charge is 0.260 e. The number of nitrogens with zero attached hydrogens (tertiary/aromatic N) is 3. The van der Waals surface area contributed by atoms with Crippen LogP contribution < -0.4 is 0 Å². The molecular weight excluding hydrogens is 412 g/mol. The van der Waals surface area contributed by atoms with Crippen LogP contribution in [0.3, 0.4) is 0 Å². The average molecular weight is 437 g/mol. The molecule has 1 aliphatic heterocycles. The lowest BCUT2D eigenvalue weighted by Crippen LogP contribution is -2.47. The van der Waals surface area contributed by atoms with Crippen LogP contribution in [0.5, 0.6) is 0 Å². The van der Waals surface area contributed by atoms with Crippen molar-refractivity contribution in [3.8, 4) is 0 Å². The zero-order valence-electron chi connectivity index (χ0n) is 16.2. The summed E-state index contributed by atoms with van der Waals surface area (Å²) >= 11 is 6.05. The highest BCUT2D eigenvalue weighted by Gasteiger charge is 2.45. The van der Waals surface area contributed by atoms with Crippen molar-refractivity contribution >= 4 is 27.5 Å². The topological polar surface area (TPSA) is 86.4 Å². The Bertz CT molecular complexity index is 954. The van der Waals surface area contributed by atoms with E-state index in [4.69, 9.17) is 11.6 Å². The Morgan fingerprint density at radius 1 is 1.03 bits per heavy atom. The fraction of sp³-hybridized carbons (Fsp3) is 0.500. The van der Waals surface area contributed by atoms with Crippen LogP contribution >= 0.6 is 11.6 Å². The van der Waals surface area contributed by atoms with Crippen LogP contribution in [0.1, 0.15) is 37.7 Å². The summed E-state index contributed by atoms with van der Waals surface area (Å²) in [6, 6.07) is 7.59. The number of halogens is 1. The van der Waals surface area contributed by atoms with Gasteiger partial charge >= 0.3 is 0 Å². The molecule has 9 heteroatoms. The molecule has 0 atom stereocenters. The minimum Gasteiger partial charge on any atom is -0.341 e. The standard InChI is InChI=1S/C20H25ClN4O3S/c21-17-6-4-16(5-7-17)20(8-1-2-9-20)19(26)24-10-3-11-25(13-12-24)29(27,28)18-14-22-15-23-18/h4-7,14-15H,1-3,8-13H2,(H,22,23).